The minimum atomic E-state index is -0.371. The number of carbonyl (C=O) groups is 2. The number of aromatic nitrogens is 1. The predicted molar refractivity (Wildman–Crippen MR) is 97.6 cm³/mol. The number of hydrogen-bond donors (Lipinski definition) is 2. The molecule has 0 fully saturated rings. The van der Waals surface area contributed by atoms with Crippen LogP contribution in [0.2, 0.25) is 0 Å². The third-order valence-electron chi connectivity index (χ3n) is 3.39. The second-order valence-corrected chi connectivity index (χ2v) is 5.32. The lowest BCUT2D eigenvalue weighted by Crippen LogP contribution is -2.21. The topological polar surface area (TPSA) is 102 Å². The van der Waals surface area contributed by atoms with Gasteiger partial charge in [-0.2, -0.15) is 5.10 Å². The van der Waals surface area contributed by atoms with Crippen molar-refractivity contribution in [1.29, 1.82) is 0 Å². The highest BCUT2D eigenvalue weighted by atomic mass is 16.5. The monoisotopic (exact) mass is 356 g/mol. The molecular formula is C18H20N4O4. The Labute approximate surface area is 151 Å². The van der Waals surface area contributed by atoms with Gasteiger partial charge in [-0.3, -0.25) is 14.6 Å². The summed E-state index contributed by atoms with van der Waals surface area (Å²) in [7, 11) is 3.05. The average molecular weight is 356 g/mol. The van der Waals surface area contributed by atoms with Gasteiger partial charge in [0.25, 0.3) is 5.91 Å². The van der Waals surface area contributed by atoms with Gasteiger partial charge in [0.15, 0.2) is 0 Å². The molecule has 2 rings (SSSR count). The number of anilines is 1. The first-order chi connectivity index (χ1) is 12.5. The van der Waals surface area contributed by atoms with Gasteiger partial charge in [0.05, 0.1) is 26.3 Å². The molecule has 2 aromatic rings. The van der Waals surface area contributed by atoms with E-state index < -0.39 is 0 Å². The third kappa shape index (κ3) is 5.30. The normalized spacial score (nSPS) is 10.8. The molecule has 1 heterocycles. The summed E-state index contributed by atoms with van der Waals surface area (Å²) in [5.74, 6) is 0.451. The Bertz CT molecular complexity index is 806. The Kier molecular flexibility index (Phi) is 6.67. The fourth-order valence-corrected chi connectivity index (χ4v) is 2.08. The van der Waals surface area contributed by atoms with Crippen molar-refractivity contribution in [3.05, 3.63) is 48.3 Å². The molecule has 0 radical (unpaired) electrons. The second kappa shape index (κ2) is 9.16. The number of hydrogen-bond acceptors (Lipinski definition) is 6. The van der Waals surface area contributed by atoms with Crippen LogP contribution in [0.1, 0.15) is 23.7 Å². The largest absolute Gasteiger partial charge is 0.497 e. The lowest BCUT2D eigenvalue weighted by molar-refractivity contribution is -0.115. The molecule has 2 N–H and O–H groups in total. The van der Waals surface area contributed by atoms with Gasteiger partial charge in [-0.05, 0) is 31.2 Å². The van der Waals surface area contributed by atoms with Crippen LogP contribution in [0.25, 0.3) is 0 Å². The van der Waals surface area contributed by atoms with E-state index in [4.69, 9.17) is 9.47 Å². The molecule has 1 aromatic heterocycles. The molecule has 0 spiro atoms. The Morgan fingerprint density at radius 1 is 1.12 bits per heavy atom. The molecule has 8 nitrogen and oxygen atoms in total. The van der Waals surface area contributed by atoms with Crippen LogP contribution in [-0.4, -0.2) is 36.7 Å². The van der Waals surface area contributed by atoms with E-state index in [-0.39, 0.29) is 18.2 Å². The highest BCUT2D eigenvalue weighted by molar-refractivity contribution is 6.06. The van der Waals surface area contributed by atoms with Crippen molar-refractivity contribution in [1.82, 2.24) is 10.4 Å². The van der Waals surface area contributed by atoms with E-state index in [0.29, 0.717) is 28.5 Å². The number of rotatable bonds is 7. The molecule has 0 bridgehead atoms. The van der Waals surface area contributed by atoms with Crippen LogP contribution in [0.3, 0.4) is 0 Å². The fraction of sp³-hybridized carbons (Fsp3) is 0.222. The molecule has 0 saturated carbocycles. The number of benzene rings is 1. The van der Waals surface area contributed by atoms with E-state index in [1.54, 1.807) is 44.4 Å². The molecule has 0 aliphatic carbocycles. The number of amides is 2. The standard InChI is InChI=1S/C18H20N4O4/c1-12(21-22-18(24)13-6-8-19-9-7-13)10-17(23)20-15-5-4-14(25-2)11-16(15)26-3/h4-9,11H,10H2,1-3H3,(H,20,23)(H,22,24)/b21-12+. The van der Waals surface area contributed by atoms with Crippen molar-refractivity contribution in [2.45, 2.75) is 13.3 Å². The number of carbonyl (C=O) groups excluding carboxylic acids is 2. The first kappa shape index (κ1) is 18.9. The van der Waals surface area contributed by atoms with Gasteiger partial charge in [0.2, 0.25) is 5.91 Å². The zero-order valence-electron chi connectivity index (χ0n) is 14.8. The molecule has 8 heteroatoms. The van der Waals surface area contributed by atoms with Crippen LogP contribution in [-0.2, 0) is 4.79 Å². The molecule has 1 aromatic carbocycles. The van der Waals surface area contributed by atoms with Gasteiger partial charge >= 0.3 is 0 Å². The maximum Gasteiger partial charge on any atom is 0.271 e. The molecule has 0 saturated heterocycles. The second-order valence-electron chi connectivity index (χ2n) is 5.32. The number of methoxy groups -OCH3 is 2. The van der Waals surface area contributed by atoms with Crippen molar-refractivity contribution in [2.24, 2.45) is 5.10 Å². The van der Waals surface area contributed by atoms with Crippen LogP contribution in [0, 0.1) is 0 Å². The third-order valence-corrected chi connectivity index (χ3v) is 3.39. The van der Waals surface area contributed by atoms with E-state index >= 15 is 0 Å². The van der Waals surface area contributed by atoms with Crippen LogP contribution in [0.5, 0.6) is 11.5 Å². The number of nitrogens with one attached hydrogen (secondary N) is 2. The van der Waals surface area contributed by atoms with Gasteiger partial charge in [-0.1, -0.05) is 0 Å². The van der Waals surface area contributed by atoms with Crippen LogP contribution < -0.4 is 20.2 Å². The summed E-state index contributed by atoms with van der Waals surface area (Å²) in [4.78, 5) is 27.9. The average Bonchev–Trinajstić information content (AvgIpc) is 2.67. The minimum absolute atomic E-state index is 0.0197. The zero-order valence-corrected chi connectivity index (χ0v) is 14.8. The molecule has 26 heavy (non-hydrogen) atoms. The summed E-state index contributed by atoms with van der Waals surface area (Å²) in [5, 5.41) is 6.68. The molecule has 2 amide bonds. The molecule has 136 valence electrons. The smallest absolute Gasteiger partial charge is 0.271 e. The number of hydrazone groups is 1. The number of pyridine rings is 1. The summed E-state index contributed by atoms with van der Waals surface area (Å²) in [5.41, 5.74) is 3.82. The number of ether oxygens (including phenoxy) is 2. The molecular weight excluding hydrogens is 336 g/mol. The van der Waals surface area contributed by atoms with Crippen molar-refractivity contribution < 1.29 is 19.1 Å². The maximum atomic E-state index is 12.2. The van der Waals surface area contributed by atoms with E-state index in [2.05, 4.69) is 20.8 Å². The van der Waals surface area contributed by atoms with Crippen molar-refractivity contribution in [2.75, 3.05) is 19.5 Å². The molecule has 0 unspecified atom stereocenters. The first-order valence-electron chi connectivity index (χ1n) is 7.79. The van der Waals surface area contributed by atoms with Crippen LogP contribution >= 0.6 is 0 Å². The molecule has 0 aliphatic heterocycles. The van der Waals surface area contributed by atoms with E-state index in [9.17, 15) is 9.59 Å². The minimum Gasteiger partial charge on any atom is -0.497 e. The summed E-state index contributed by atoms with van der Waals surface area (Å²) in [6, 6.07) is 8.22. The van der Waals surface area contributed by atoms with Gasteiger partial charge in [0, 0.05) is 29.7 Å². The van der Waals surface area contributed by atoms with Gasteiger partial charge in [-0.15, -0.1) is 0 Å². The van der Waals surface area contributed by atoms with Crippen molar-refractivity contribution >= 4 is 23.2 Å². The lowest BCUT2D eigenvalue weighted by atomic mass is 10.2. The SMILES string of the molecule is COc1ccc(NC(=O)C/C(C)=N/NC(=O)c2ccncc2)c(OC)c1. The lowest BCUT2D eigenvalue weighted by Gasteiger charge is -2.11. The molecule has 0 atom stereocenters. The van der Waals surface area contributed by atoms with Crippen molar-refractivity contribution in [3.8, 4) is 11.5 Å². The van der Waals surface area contributed by atoms with Crippen LogP contribution in [0.15, 0.2) is 47.8 Å². The van der Waals surface area contributed by atoms with E-state index in [1.165, 1.54) is 19.5 Å². The summed E-state index contributed by atoms with van der Waals surface area (Å²) < 4.78 is 10.4. The maximum absolute atomic E-state index is 12.2. The van der Waals surface area contributed by atoms with Gasteiger partial charge in [0.1, 0.15) is 11.5 Å². The van der Waals surface area contributed by atoms with Gasteiger partial charge in [-0.25, -0.2) is 5.43 Å². The summed E-state index contributed by atoms with van der Waals surface area (Å²) in [6.45, 7) is 1.65. The Balaban J connectivity index is 1.93. The first-order valence-corrected chi connectivity index (χ1v) is 7.79. The van der Waals surface area contributed by atoms with E-state index in [1.807, 2.05) is 0 Å². The van der Waals surface area contributed by atoms with Gasteiger partial charge < -0.3 is 14.8 Å². The zero-order chi connectivity index (χ0) is 18.9. The van der Waals surface area contributed by atoms with Crippen LogP contribution in [0.4, 0.5) is 5.69 Å². The fourth-order valence-electron chi connectivity index (χ4n) is 2.08. The highest BCUT2D eigenvalue weighted by Crippen LogP contribution is 2.29. The number of nitrogens with zero attached hydrogens (tertiary/aromatic N) is 2. The molecule has 0 aliphatic rings. The van der Waals surface area contributed by atoms with E-state index in [0.717, 1.165) is 0 Å². The highest BCUT2D eigenvalue weighted by Gasteiger charge is 2.10. The summed E-state index contributed by atoms with van der Waals surface area (Å²) in [6.07, 6.45) is 3.05. The Morgan fingerprint density at radius 2 is 1.85 bits per heavy atom. The quantitative estimate of drug-likeness (QED) is 0.585. The predicted octanol–water partition coefficient (Wildman–Crippen LogP) is 2.23. The summed E-state index contributed by atoms with van der Waals surface area (Å²) >= 11 is 0. The van der Waals surface area contributed by atoms with Crippen molar-refractivity contribution in [3.63, 3.8) is 0 Å². The Morgan fingerprint density at radius 3 is 2.50 bits per heavy atom. The Hall–Kier alpha value is -3.42.